The summed E-state index contributed by atoms with van der Waals surface area (Å²) < 4.78 is 0.622. The lowest BCUT2D eigenvalue weighted by molar-refractivity contribution is -0.386. The third-order valence-corrected chi connectivity index (χ3v) is 3.30. The summed E-state index contributed by atoms with van der Waals surface area (Å²) in [4.78, 5) is 14.5. The lowest BCUT2D eigenvalue weighted by Crippen LogP contribution is -2.22. The van der Waals surface area contributed by atoms with Crippen molar-refractivity contribution >= 4 is 21.6 Å². The van der Waals surface area contributed by atoms with Gasteiger partial charge in [0.1, 0.15) is 5.69 Å². The molecular weight excluding hydrogens is 274 g/mol. The number of nitrogens with two attached hydrogens (primary N) is 1. The molecule has 1 aliphatic rings. The van der Waals surface area contributed by atoms with Gasteiger partial charge in [-0.25, -0.2) is 0 Å². The van der Waals surface area contributed by atoms with Crippen molar-refractivity contribution in [3.63, 3.8) is 0 Å². The van der Waals surface area contributed by atoms with Crippen molar-refractivity contribution in [3.05, 3.63) is 32.5 Å². The molecule has 0 aromatic carbocycles. The van der Waals surface area contributed by atoms with Crippen LogP contribution >= 0.6 is 15.9 Å². The Labute approximate surface area is 101 Å². The molecule has 86 valence electrons. The molecule has 1 aromatic rings. The Morgan fingerprint density at radius 2 is 2.31 bits per heavy atom. The first kappa shape index (κ1) is 11.5. The summed E-state index contributed by atoms with van der Waals surface area (Å²) in [6, 6.07) is 1.48. The van der Waals surface area contributed by atoms with Gasteiger partial charge in [0.25, 0.3) is 5.69 Å². The van der Waals surface area contributed by atoms with Crippen LogP contribution in [0.4, 0.5) is 5.69 Å². The van der Waals surface area contributed by atoms with Crippen LogP contribution in [0.2, 0.25) is 0 Å². The highest BCUT2D eigenvalue weighted by Crippen LogP contribution is 2.37. The molecule has 1 saturated carbocycles. The molecule has 16 heavy (non-hydrogen) atoms. The normalized spacial score (nSPS) is 17.1. The largest absolute Gasteiger partial charge is 0.325 e. The number of hydrogen-bond acceptors (Lipinski definition) is 4. The minimum Gasteiger partial charge on any atom is -0.325 e. The lowest BCUT2D eigenvalue weighted by atomic mass is 10.1. The van der Waals surface area contributed by atoms with Crippen LogP contribution in [0.5, 0.6) is 0 Å². The molecule has 0 atom stereocenters. The molecule has 0 unspecified atom stereocenters. The molecule has 1 heterocycles. The van der Waals surface area contributed by atoms with Gasteiger partial charge in [-0.15, -0.1) is 0 Å². The molecule has 0 saturated heterocycles. The van der Waals surface area contributed by atoms with Crippen molar-refractivity contribution in [2.24, 2.45) is 5.73 Å². The molecule has 0 radical (unpaired) electrons. The second-order valence-electron chi connectivity index (χ2n) is 4.24. The van der Waals surface area contributed by atoms with E-state index in [-0.39, 0.29) is 11.2 Å². The number of nitrogens with zero attached hydrogens (tertiary/aromatic N) is 2. The maximum absolute atomic E-state index is 10.8. The maximum Gasteiger partial charge on any atom is 0.291 e. The summed E-state index contributed by atoms with van der Waals surface area (Å²) in [5, 5.41) is 10.8. The van der Waals surface area contributed by atoms with E-state index >= 15 is 0 Å². The van der Waals surface area contributed by atoms with Crippen LogP contribution in [0.25, 0.3) is 0 Å². The monoisotopic (exact) mass is 285 g/mol. The van der Waals surface area contributed by atoms with E-state index in [1.54, 1.807) is 6.20 Å². The van der Waals surface area contributed by atoms with E-state index in [1.165, 1.54) is 6.07 Å². The first-order valence-corrected chi connectivity index (χ1v) is 5.87. The number of aromatic nitrogens is 1. The summed E-state index contributed by atoms with van der Waals surface area (Å²) in [5.41, 5.74) is 6.44. The Kier molecular flexibility index (Phi) is 2.94. The predicted molar refractivity (Wildman–Crippen MR) is 63.1 cm³/mol. The average Bonchev–Trinajstić information content (AvgIpc) is 2.95. The van der Waals surface area contributed by atoms with Gasteiger partial charge in [0.15, 0.2) is 0 Å². The van der Waals surface area contributed by atoms with Crippen molar-refractivity contribution in [2.75, 3.05) is 0 Å². The highest BCUT2D eigenvalue weighted by molar-refractivity contribution is 9.10. The highest BCUT2D eigenvalue weighted by atomic mass is 79.9. The number of pyridine rings is 1. The Balaban J connectivity index is 2.15. The van der Waals surface area contributed by atoms with E-state index in [4.69, 9.17) is 5.73 Å². The minimum atomic E-state index is -0.400. The molecule has 0 aliphatic heterocycles. The molecule has 0 spiro atoms. The summed E-state index contributed by atoms with van der Waals surface area (Å²) >= 11 is 3.18. The zero-order valence-electron chi connectivity index (χ0n) is 8.65. The molecule has 1 aliphatic carbocycles. The Morgan fingerprint density at radius 1 is 1.62 bits per heavy atom. The van der Waals surface area contributed by atoms with Crippen molar-refractivity contribution in [1.29, 1.82) is 0 Å². The van der Waals surface area contributed by atoms with E-state index in [1.807, 2.05) is 0 Å². The van der Waals surface area contributed by atoms with E-state index in [0.717, 1.165) is 19.3 Å². The standard InChI is InChI=1S/C10H12BrN3O2/c11-7-5-9(14(15)16)8(13-6-7)1-2-10(12)3-4-10/h5-6H,1-4,12H2. The molecule has 1 aromatic heterocycles. The lowest BCUT2D eigenvalue weighted by Gasteiger charge is -2.07. The van der Waals surface area contributed by atoms with Crippen molar-refractivity contribution in [2.45, 2.75) is 31.2 Å². The SMILES string of the molecule is NC1(CCc2ncc(Br)cc2[N+](=O)[O-])CC1. The van der Waals surface area contributed by atoms with Gasteiger partial charge < -0.3 is 5.73 Å². The predicted octanol–water partition coefficient (Wildman–Crippen LogP) is 2.18. The summed E-state index contributed by atoms with van der Waals surface area (Å²) in [6.07, 6.45) is 4.94. The summed E-state index contributed by atoms with van der Waals surface area (Å²) in [5.74, 6) is 0. The third-order valence-electron chi connectivity index (χ3n) is 2.86. The van der Waals surface area contributed by atoms with Gasteiger partial charge in [-0.1, -0.05) is 0 Å². The summed E-state index contributed by atoms with van der Waals surface area (Å²) in [6.45, 7) is 0. The third kappa shape index (κ3) is 2.56. The van der Waals surface area contributed by atoms with Crippen molar-refractivity contribution in [3.8, 4) is 0 Å². The van der Waals surface area contributed by atoms with Crippen LogP contribution in [0.1, 0.15) is 25.0 Å². The molecule has 1 fully saturated rings. The quantitative estimate of drug-likeness (QED) is 0.679. The van der Waals surface area contributed by atoms with Crippen LogP contribution in [-0.2, 0) is 6.42 Å². The molecule has 2 N–H and O–H groups in total. The first-order chi connectivity index (χ1) is 7.50. The fourth-order valence-electron chi connectivity index (χ4n) is 1.59. The Morgan fingerprint density at radius 3 is 2.88 bits per heavy atom. The number of rotatable bonds is 4. The van der Waals surface area contributed by atoms with Crippen LogP contribution in [0.3, 0.4) is 0 Å². The van der Waals surface area contributed by atoms with E-state index in [2.05, 4.69) is 20.9 Å². The number of halogens is 1. The Hall–Kier alpha value is -1.01. The van der Waals surface area contributed by atoms with Crippen LogP contribution in [-0.4, -0.2) is 15.4 Å². The minimum absolute atomic E-state index is 0.0682. The zero-order chi connectivity index (χ0) is 11.8. The zero-order valence-corrected chi connectivity index (χ0v) is 10.2. The van der Waals surface area contributed by atoms with Gasteiger partial charge in [0, 0.05) is 22.3 Å². The number of hydrogen-bond donors (Lipinski definition) is 1. The van der Waals surface area contributed by atoms with E-state index in [0.29, 0.717) is 16.6 Å². The fraction of sp³-hybridized carbons (Fsp3) is 0.500. The van der Waals surface area contributed by atoms with Gasteiger partial charge >= 0.3 is 0 Å². The van der Waals surface area contributed by atoms with Gasteiger partial charge in [0.2, 0.25) is 0 Å². The molecule has 5 nitrogen and oxygen atoms in total. The van der Waals surface area contributed by atoms with Crippen molar-refractivity contribution in [1.82, 2.24) is 4.98 Å². The van der Waals surface area contributed by atoms with Crippen LogP contribution < -0.4 is 5.73 Å². The second kappa shape index (κ2) is 4.10. The smallest absolute Gasteiger partial charge is 0.291 e. The molecule has 2 rings (SSSR count). The molecule has 0 amide bonds. The van der Waals surface area contributed by atoms with Gasteiger partial charge in [-0.05, 0) is 41.6 Å². The average molecular weight is 286 g/mol. The second-order valence-corrected chi connectivity index (χ2v) is 5.15. The number of nitro groups is 1. The summed E-state index contributed by atoms with van der Waals surface area (Å²) in [7, 11) is 0. The number of aryl methyl sites for hydroxylation is 1. The topological polar surface area (TPSA) is 82.0 Å². The van der Waals surface area contributed by atoms with Gasteiger partial charge in [-0.3, -0.25) is 15.1 Å². The molecular formula is C10H12BrN3O2. The van der Waals surface area contributed by atoms with Gasteiger partial charge in [0.05, 0.1) is 4.92 Å². The van der Waals surface area contributed by atoms with E-state index in [9.17, 15) is 10.1 Å². The molecule has 6 heteroatoms. The van der Waals surface area contributed by atoms with E-state index < -0.39 is 4.92 Å². The molecule has 0 bridgehead atoms. The van der Waals surface area contributed by atoms with Crippen LogP contribution in [0.15, 0.2) is 16.7 Å². The van der Waals surface area contributed by atoms with Gasteiger partial charge in [-0.2, -0.15) is 0 Å². The maximum atomic E-state index is 10.8. The fourth-order valence-corrected chi connectivity index (χ4v) is 1.90. The van der Waals surface area contributed by atoms with Crippen LogP contribution in [0, 0.1) is 10.1 Å². The van der Waals surface area contributed by atoms with Crippen molar-refractivity contribution < 1.29 is 4.92 Å². The highest BCUT2D eigenvalue weighted by Gasteiger charge is 2.38. The first-order valence-electron chi connectivity index (χ1n) is 5.08. The Bertz CT molecular complexity index is 432.